The minimum absolute atomic E-state index is 0.0262. The lowest BCUT2D eigenvalue weighted by Gasteiger charge is -2.33. The number of halogens is 2. The Hall–Kier alpha value is -1.35. The summed E-state index contributed by atoms with van der Waals surface area (Å²) in [4.78, 5) is 26.7. The van der Waals surface area contributed by atoms with Crippen LogP contribution in [0.3, 0.4) is 0 Å². The third-order valence-corrected chi connectivity index (χ3v) is 7.52. The first-order chi connectivity index (χ1) is 14.1. The van der Waals surface area contributed by atoms with Crippen LogP contribution in [0.5, 0.6) is 0 Å². The number of hydrogen-bond acceptors (Lipinski definition) is 4. The summed E-state index contributed by atoms with van der Waals surface area (Å²) in [5.74, 6) is -0.0121. The molecule has 0 radical (unpaired) electrons. The van der Waals surface area contributed by atoms with Gasteiger partial charge in [-0.15, -0.1) is 0 Å². The molecule has 0 unspecified atom stereocenters. The fraction of sp³-hybridized carbons (Fsp3) is 0.600. The molecule has 1 heterocycles. The molecule has 0 atom stereocenters. The van der Waals surface area contributed by atoms with E-state index in [9.17, 15) is 18.0 Å². The van der Waals surface area contributed by atoms with Crippen molar-refractivity contribution >= 4 is 45.0 Å². The molecule has 2 fully saturated rings. The zero-order chi connectivity index (χ0) is 22.1. The summed E-state index contributed by atoms with van der Waals surface area (Å²) in [6.45, 7) is 5.18. The molecule has 0 bridgehead atoms. The molecule has 3 rings (SSSR count). The largest absolute Gasteiger partial charge is 0.349 e. The predicted molar refractivity (Wildman–Crippen MR) is 116 cm³/mol. The molecule has 1 saturated heterocycles. The maximum absolute atomic E-state index is 12.8. The quantitative estimate of drug-likeness (QED) is 0.632. The van der Waals surface area contributed by atoms with Gasteiger partial charge in [-0.25, -0.2) is 13.1 Å². The molecule has 166 valence electrons. The molecule has 7 nitrogen and oxygen atoms in total. The summed E-state index contributed by atoms with van der Waals surface area (Å²) in [6, 6.07) is 2.32. The zero-order valence-electron chi connectivity index (χ0n) is 17.1. The number of sulfonamides is 1. The van der Waals surface area contributed by atoms with E-state index in [0.717, 1.165) is 12.8 Å². The van der Waals surface area contributed by atoms with Crippen molar-refractivity contribution in [3.63, 3.8) is 0 Å². The van der Waals surface area contributed by atoms with Crippen LogP contribution in [0.2, 0.25) is 10.0 Å². The molecule has 2 amide bonds. The van der Waals surface area contributed by atoms with Crippen LogP contribution in [0.25, 0.3) is 0 Å². The second-order valence-electron chi connectivity index (χ2n) is 8.38. The summed E-state index contributed by atoms with van der Waals surface area (Å²) in [5, 5.41) is 2.97. The van der Waals surface area contributed by atoms with Crippen LogP contribution in [0.15, 0.2) is 17.0 Å². The number of piperidine rings is 1. The number of amides is 2. The van der Waals surface area contributed by atoms with Crippen molar-refractivity contribution in [2.75, 3.05) is 13.1 Å². The highest BCUT2D eigenvalue weighted by Crippen LogP contribution is 2.31. The third kappa shape index (κ3) is 5.87. The molecular formula is C20H27Cl2N3O4S. The van der Waals surface area contributed by atoms with Crippen LogP contribution >= 0.6 is 23.2 Å². The number of hydrogen-bond donors (Lipinski definition) is 2. The van der Waals surface area contributed by atoms with Crippen LogP contribution in [0, 0.1) is 5.92 Å². The van der Waals surface area contributed by atoms with Crippen molar-refractivity contribution in [2.24, 2.45) is 5.92 Å². The van der Waals surface area contributed by atoms with Gasteiger partial charge >= 0.3 is 0 Å². The van der Waals surface area contributed by atoms with E-state index in [2.05, 4.69) is 10.0 Å². The maximum Gasteiger partial charge on any atom is 0.253 e. The summed E-state index contributed by atoms with van der Waals surface area (Å²) in [7, 11) is -3.83. The van der Waals surface area contributed by atoms with E-state index in [1.54, 1.807) is 0 Å². The van der Waals surface area contributed by atoms with Gasteiger partial charge in [-0.2, -0.15) is 0 Å². The Bertz CT molecular complexity index is 924. The third-order valence-electron chi connectivity index (χ3n) is 5.22. The Labute approximate surface area is 187 Å². The van der Waals surface area contributed by atoms with E-state index in [1.165, 1.54) is 12.1 Å². The molecule has 10 heteroatoms. The number of nitrogens with zero attached hydrogens (tertiary/aromatic N) is 1. The van der Waals surface area contributed by atoms with Gasteiger partial charge in [-0.1, -0.05) is 37.0 Å². The fourth-order valence-corrected chi connectivity index (χ4v) is 5.57. The Kier molecular flexibility index (Phi) is 7.32. The average molecular weight is 476 g/mol. The van der Waals surface area contributed by atoms with Crippen molar-refractivity contribution in [3.05, 3.63) is 27.7 Å². The van der Waals surface area contributed by atoms with Gasteiger partial charge in [0.15, 0.2) is 0 Å². The Morgan fingerprint density at radius 2 is 1.70 bits per heavy atom. The maximum atomic E-state index is 12.8. The first-order valence-electron chi connectivity index (χ1n) is 10.2. The minimum Gasteiger partial charge on any atom is -0.349 e. The van der Waals surface area contributed by atoms with Gasteiger partial charge in [-0.05, 0) is 43.7 Å². The summed E-state index contributed by atoms with van der Waals surface area (Å²) in [5.41, 5.74) is 0.0653. The molecule has 2 aliphatic rings. The smallest absolute Gasteiger partial charge is 0.253 e. The molecule has 2 N–H and O–H groups in total. The van der Waals surface area contributed by atoms with E-state index in [4.69, 9.17) is 23.2 Å². The van der Waals surface area contributed by atoms with E-state index in [1.807, 2.05) is 18.7 Å². The second kappa shape index (κ2) is 9.42. The molecule has 1 saturated carbocycles. The average Bonchev–Trinajstić information content (AvgIpc) is 3.44. The molecular weight excluding hydrogens is 449 g/mol. The van der Waals surface area contributed by atoms with Crippen LogP contribution in [0.1, 0.15) is 56.3 Å². The number of likely N-dealkylation sites (tertiary alicyclic amines) is 1. The molecule has 1 aliphatic carbocycles. The number of rotatable bonds is 7. The van der Waals surface area contributed by atoms with E-state index in [-0.39, 0.29) is 38.5 Å². The summed E-state index contributed by atoms with van der Waals surface area (Å²) >= 11 is 12.3. The van der Waals surface area contributed by atoms with Gasteiger partial charge in [0.25, 0.3) is 5.91 Å². The van der Waals surface area contributed by atoms with Crippen LogP contribution in [-0.2, 0) is 14.8 Å². The SMILES string of the molecule is CC(C)CC(=O)N1CCC(NC(=O)c2cc(S(=O)(=O)NC3CC3)c(Cl)cc2Cl)CC1. The number of nitrogens with one attached hydrogen (secondary N) is 2. The van der Waals surface area contributed by atoms with Crippen molar-refractivity contribution in [3.8, 4) is 0 Å². The normalized spacial score (nSPS) is 18.0. The Morgan fingerprint density at radius 1 is 1.07 bits per heavy atom. The molecule has 0 aromatic heterocycles. The molecule has 1 aliphatic heterocycles. The van der Waals surface area contributed by atoms with Crippen LogP contribution in [0.4, 0.5) is 0 Å². The van der Waals surface area contributed by atoms with E-state index >= 15 is 0 Å². The standard InChI is InChI=1S/C20H27Cl2N3O4S/c1-12(2)9-19(26)25-7-5-13(6-8-25)23-20(27)15-10-18(17(22)11-16(15)21)30(28,29)24-14-3-4-14/h10-14,24H,3-9H2,1-2H3,(H,23,27). The van der Waals surface area contributed by atoms with Crippen molar-refractivity contribution in [1.82, 2.24) is 14.9 Å². The lowest BCUT2D eigenvalue weighted by molar-refractivity contribution is -0.133. The van der Waals surface area contributed by atoms with Gasteiger partial charge in [0.2, 0.25) is 15.9 Å². The lowest BCUT2D eigenvalue weighted by Crippen LogP contribution is -2.46. The van der Waals surface area contributed by atoms with Gasteiger partial charge < -0.3 is 10.2 Å². The van der Waals surface area contributed by atoms with E-state index in [0.29, 0.717) is 38.3 Å². The molecule has 1 aromatic rings. The van der Waals surface area contributed by atoms with Gasteiger partial charge in [0, 0.05) is 31.6 Å². The molecule has 1 aromatic carbocycles. The topological polar surface area (TPSA) is 95.6 Å². The minimum atomic E-state index is -3.83. The van der Waals surface area contributed by atoms with Crippen molar-refractivity contribution in [1.29, 1.82) is 0 Å². The molecule has 0 spiro atoms. The monoisotopic (exact) mass is 475 g/mol. The highest BCUT2D eigenvalue weighted by atomic mass is 35.5. The van der Waals surface area contributed by atoms with Crippen molar-refractivity contribution in [2.45, 2.75) is 62.9 Å². The number of benzene rings is 1. The van der Waals surface area contributed by atoms with Crippen LogP contribution in [-0.4, -0.2) is 50.3 Å². The summed E-state index contributed by atoms with van der Waals surface area (Å²) in [6.07, 6.45) is 3.36. The van der Waals surface area contributed by atoms with Gasteiger partial charge in [-0.3, -0.25) is 9.59 Å². The second-order valence-corrected chi connectivity index (χ2v) is 10.9. The van der Waals surface area contributed by atoms with E-state index < -0.39 is 15.9 Å². The zero-order valence-corrected chi connectivity index (χ0v) is 19.4. The first kappa shape index (κ1) is 23.3. The van der Waals surface area contributed by atoms with Crippen LogP contribution < -0.4 is 10.0 Å². The Balaban J connectivity index is 1.66. The highest BCUT2D eigenvalue weighted by molar-refractivity contribution is 7.89. The van der Waals surface area contributed by atoms with Gasteiger partial charge in [0.1, 0.15) is 4.90 Å². The number of carbonyl (C=O) groups is 2. The Morgan fingerprint density at radius 3 is 2.27 bits per heavy atom. The lowest BCUT2D eigenvalue weighted by atomic mass is 10.0. The van der Waals surface area contributed by atoms with Gasteiger partial charge in [0.05, 0.1) is 15.6 Å². The summed E-state index contributed by atoms with van der Waals surface area (Å²) < 4.78 is 27.7. The first-order valence-corrected chi connectivity index (χ1v) is 12.4. The fourth-order valence-electron chi connectivity index (χ4n) is 3.41. The molecule has 30 heavy (non-hydrogen) atoms. The highest BCUT2D eigenvalue weighted by Gasteiger charge is 2.31. The van der Waals surface area contributed by atoms with Crippen molar-refractivity contribution < 1.29 is 18.0 Å². The number of carbonyl (C=O) groups excluding carboxylic acids is 2. The predicted octanol–water partition coefficient (Wildman–Crippen LogP) is 3.20.